The lowest BCUT2D eigenvalue weighted by Crippen LogP contribution is -2.42. The number of hydrogen-bond donors (Lipinski definition) is 1. The van der Waals surface area contributed by atoms with Crippen LogP contribution < -0.4 is 10.5 Å². The van der Waals surface area contributed by atoms with Gasteiger partial charge in [0.25, 0.3) is 0 Å². The fraction of sp³-hybridized carbons (Fsp3) is 0.294. The molecule has 2 aromatic rings. The summed E-state index contributed by atoms with van der Waals surface area (Å²) in [5.74, 6) is -1.06. The molecule has 1 aliphatic carbocycles. The first kappa shape index (κ1) is 14.0. The molecular weight excluding hydrogens is 272 g/mol. The van der Waals surface area contributed by atoms with Gasteiger partial charge in [0.05, 0.1) is 12.6 Å². The van der Waals surface area contributed by atoms with Crippen molar-refractivity contribution in [1.82, 2.24) is 0 Å². The Balaban J connectivity index is 2.21. The number of hydrogen-bond acceptors (Lipinski definition) is 2. The molecule has 1 unspecified atom stereocenters. The van der Waals surface area contributed by atoms with Crippen molar-refractivity contribution in [3.8, 4) is 5.75 Å². The summed E-state index contributed by atoms with van der Waals surface area (Å²) in [4.78, 5) is 0. The summed E-state index contributed by atoms with van der Waals surface area (Å²) in [6.45, 7) is 0. The lowest BCUT2D eigenvalue weighted by molar-refractivity contribution is 0.393. The Morgan fingerprint density at radius 2 is 1.95 bits per heavy atom. The van der Waals surface area contributed by atoms with Crippen molar-refractivity contribution in [3.05, 3.63) is 64.7 Å². The van der Waals surface area contributed by atoms with E-state index in [1.54, 1.807) is 13.2 Å². The van der Waals surface area contributed by atoms with Gasteiger partial charge in [-0.3, -0.25) is 0 Å². The maximum atomic E-state index is 14.2. The van der Waals surface area contributed by atoms with Crippen molar-refractivity contribution in [3.63, 3.8) is 0 Å². The third-order valence-corrected chi connectivity index (χ3v) is 4.25. The Labute approximate surface area is 122 Å². The highest BCUT2D eigenvalue weighted by Gasteiger charge is 2.37. The first-order valence-corrected chi connectivity index (χ1v) is 6.97. The molecule has 1 atom stereocenters. The smallest absolute Gasteiger partial charge is 0.164 e. The average molecular weight is 289 g/mol. The highest BCUT2D eigenvalue weighted by atomic mass is 19.2. The van der Waals surface area contributed by atoms with Gasteiger partial charge in [0.15, 0.2) is 11.6 Å². The maximum Gasteiger partial charge on any atom is 0.164 e. The number of fused-ring (bicyclic) bond motifs is 1. The zero-order valence-electron chi connectivity index (χ0n) is 11.8. The zero-order chi connectivity index (χ0) is 15.0. The second-order valence-electron chi connectivity index (χ2n) is 5.45. The highest BCUT2D eigenvalue weighted by Crippen LogP contribution is 2.41. The lowest BCUT2D eigenvalue weighted by atomic mass is 9.73. The molecule has 0 heterocycles. The van der Waals surface area contributed by atoms with Crippen LogP contribution in [0.2, 0.25) is 0 Å². The zero-order valence-corrected chi connectivity index (χ0v) is 11.8. The van der Waals surface area contributed by atoms with Crippen LogP contribution in [-0.4, -0.2) is 7.11 Å². The van der Waals surface area contributed by atoms with Gasteiger partial charge < -0.3 is 10.5 Å². The minimum atomic E-state index is -1.02. The molecule has 2 nitrogen and oxygen atoms in total. The van der Waals surface area contributed by atoms with Crippen LogP contribution in [0.25, 0.3) is 0 Å². The van der Waals surface area contributed by atoms with Crippen LogP contribution in [0.5, 0.6) is 5.75 Å². The van der Waals surface area contributed by atoms with Gasteiger partial charge in [-0.05, 0) is 48.6 Å². The molecule has 2 aromatic carbocycles. The summed E-state index contributed by atoms with van der Waals surface area (Å²) in [7, 11) is 1.57. The number of nitrogens with two attached hydrogens (primary N) is 1. The minimum absolute atomic E-state index is 0.205. The first-order valence-electron chi connectivity index (χ1n) is 6.97. The van der Waals surface area contributed by atoms with Gasteiger partial charge in [-0.2, -0.15) is 0 Å². The molecule has 0 radical (unpaired) electrons. The van der Waals surface area contributed by atoms with E-state index in [4.69, 9.17) is 10.5 Å². The minimum Gasteiger partial charge on any atom is -0.497 e. The number of halogens is 2. The van der Waals surface area contributed by atoms with Gasteiger partial charge in [-0.1, -0.05) is 18.2 Å². The molecule has 21 heavy (non-hydrogen) atoms. The van der Waals surface area contributed by atoms with Crippen molar-refractivity contribution < 1.29 is 13.5 Å². The fourth-order valence-corrected chi connectivity index (χ4v) is 3.14. The molecule has 0 saturated carbocycles. The Hall–Kier alpha value is -1.94. The van der Waals surface area contributed by atoms with Gasteiger partial charge in [0.2, 0.25) is 0 Å². The van der Waals surface area contributed by atoms with Crippen molar-refractivity contribution >= 4 is 0 Å². The number of aryl methyl sites for hydroxylation is 1. The molecule has 0 spiro atoms. The van der Waals surface area contributed by atoms with E-state index in [-0.39, 0.29) is 5.56 Å². The molecule has 0 saturated heterocycles. The van der Waals surface area contributed by atoms with Crippen molar-refractivity contribution in [2.45, 2.75) is 24.8 Å². The molecule has 2 N–H and O–H groups in total. The highest BCUT2D eigenvalue weighted by molar-refractivity contribution is 5.48. The van der Waals surface area contributed by atoms with E-state index in [9.17, 15) is 8.78 Å². The van der Waals surface area contributed by atoms with E-state index in [1.165, 1.54) is 6.07 Å². The van der Waals surface area contributed by atoms with E-state index < -0.39 is 17.2 Å². The number of benzene rings is 2. The topological polar surface area (TPSA) is 35.2 Å². The van der Waals surface area contributed by atoms with Crippen LogP contribution in [0.3, 0.4) is 0 Å². The van der Waals surface area contributed by atoms with Gasteiger partial charge in [-0.15, -0.1) is 0 Å². The number of methoxy groups -OCH3 is 1. The van der Waals surface area contributed by atoms with Gasteiger partial charge >= 0.3 is 0 Å². The molecule has 4 heteroatoms. The summed E-state index contributed by atoms with van der Waals surface area (Å²) in [6, 6.07) is 9.82. The Bertz CT molecular complexity index is 686. The summed E-state index contributed by atoms with van der Waals surface area (Å²) in [5.41, 5.74) is 7.59. The Morgan fingerprint density at radius 1 is 1.14 bits per heavy atom. The molecule has 0 fully saturated rings. The summed E-state index contributed by atoms with van der Waals surface area (Å²) in [5, 5.41) is 0. The van der Waals surface area contributed by atoms with E-state index in [1.807, 2.05) is 18.2 Å². The predicted octanol–water partition coefficient (Wildman–Crippen LogP) is 3.51. The Morgan fingerprint density at radius 3 is 2.71 bits per heavy atom. The summed E-state index contributed by atoms with van der Waals surface area (Å²) in [6.07, 6.45) is 2.30. The average Bonchev–Trinajstić information content (AvgIpc) is 2.50. The maximum absolute atomic E-state index is 14.2. The van der Waals surface area contributed by atoms with Crippen molar-refractivity contribution in [1.29, 1.82) is 0 Å². The third-order valence-electron chi connectivity index (χ3n) is 4.25. The standard InChI is InChI=1S/C17H17F2NO/c1-21-12-8-7-11-4-3-9-17(20,14(11)10-12)13-5-2-6-15(18)16(13)19/h2,5-8,10H,3-4,9,20H2,1H3. The van der Waals surface area contributed by atoms with E-state index in [2.05, 4.69) is 0 Å². The van der Waals surface area contributed by atoms with Crippen LogP contribution in [-0.2, 0) is 12.0 Å². The molecule has 0 aliphatic heterocycles. The van der Waals surface area contributed by atoms with Crippen LogP contribution in [0, 0.1) is 11.6 Å². The van der Waals surface area contributed by atoms with E-state index in [0.717, 1.165) is 30.0 Å². The summed E-state index contributed by atoms with van der Waals surface area (Å²) >= 11 is 0. The van der Waals surface area contributed by atoms with Crippen LogP contribution in [0.4, 0.5) is 8.78 Å². The number of ether oxygens (including phenoxy) is 1. The van der Waals surface area contributed by atoms with Gasteiger partial charge in [-0.25, -0.2) is 8.78 Å². The molecule has 0 bridgehead atoms. The van der Waals surface area contributed by atoms with E-state index in [0.29, 0.717) is 12.2 Å². The molecule has 3 rings (SSSR count). The second-order valence-corrected chi connectivity index (χ2v) is 5.45. The van der Waals surface area contributed by atoms with Gasteiger partial charge in [0.1, 0.15) is 5.75 Å². The lowest BCUT2D eigenvalue weighted by Gasteiger charge is -2.36. The van der Waals surface area contributed by atoms with Crippen molar-refractivity contribution in [2.24, 2.45) is 5.73 Å². The van der Waals surface area contributed by atoms with E-state index >= 15 is 0 Å². The Kier molecular flexibility index (Phi) is 3.41. The first-order chi connectivity index (χ1) is 10.1. The fourth-order valence-electron chi connectivity index (χ4n) is 3.14. The summed E-state index contributed by atoms with van der Waals surface area (Å²) < 4.78 is 33.0. The molecular formula is C17H17F2NO. The quantitative estimate of drug-likeness (QED) is 0.918. The molecule has 0 amide bonds. The van der Waals surface area contributed by atoms with Crippen LogP contribution in [0.1, 0.15) is 29.5 Å². The largest absolute Gasteiger partial charge is 0.497 e. The molecule has 1 aliphatic rings. The third kappa shape index (κ3) is 2.20. The van der Waals surface area contributed by atoms with Crippen molar-refractivity contribution in [2.75, 3.05) is 7.11 Å². The SMILES string of the molecule is COc1ccc2c(c1)C(N)(c1cccc(F)c1F)CCC2. The second kappa shape index (κ2) is 5.11. The predicted molar refractivity (Wildman–Crippen MR) is 77.3 cm³/mol. The van der Waals surface area contributed by atoms with Crippen LogP contribution >= 0.6 is 0 Å². The van der Waals surface area contributed by atoms with Crippen LogP contribution in [0.15, 0.2) is 36.4 Å². The normalized spacial score (nSPS) is 21.0. The van der Waals surface area contributed by atoms with Gasteiger partial charge in [0, 0.05) is 5.56 Å². The monoisotopic (exact) mass is 289 g/mol. The molecule has 0 aromatic heterocycles. The molecule has 110 valence electrons. The number of rotatable bonds is 2.